The number of aromatic nitrogens is 2. The van der Waals surface area contributed by atoms with Crippen molar-refractivity contribution in [2.24, 2.45) is 17.8 Å². The lowest BCUT2D eigenvalue weighted by atomic mass is 9.85. The van der Waals surface area contributed by atoms with Crippen molar-refractivity contribution >= 4 is 0 Å². The van der Waals surface area contributed by atoms with E-state index < -0.39 is 28.9 Å². The van der Waals surface area contributed by atoms with Crippen LogP contribution >= 0.6 is 0 Å². The van der Waals surface area contributed by atoms with Gasteiger partial charge in [-0.15, -0.1) is 0 Å². The molecule has 2 aliphatic carbocycles. The summed E-state index contributed by atoms with van der Waals surface area (Å²) < 4.78 is 63.1. The van der Waals surface area contributed by atoms with Gasteiger partial charge in [-0.2, -0.15) is 0 Å². The van der Waals surface area contributed by atoms with E-state index in [1.165, 1.54) is 43.5 Å². The van der Waals surface area contributed by atoms with E-state index in [0.29, 0.717) is 29.2 Å². The summed E-state index contributed by atoms with van der Waals surface area (Å²) in [5, 5.41) is 0. The molecule has 4 aromatic rings. The van der Waals surface area contributed by atoms with Crippen molar-refractivity contribution in [3.63, 3.8) is 0 Å². The number of fused-ring (bicyclic) bond motifs is 2. The molecular formula is C36H34F4N2O. The van der Waals surface area contributed by atoms with Crippen LogP contribution in [0.25, 0.3) is 22.5 Å². The Hall–Kier alpha value is -3.84. The highest BCUT2D eigenvalue weighted by atomic mass is 19.1. The van der Waals surface area contributed by atoms with Crippen LogP contribution in [0, 0.1) is 41.0 Å². The molecular weight excluding hydrogens is 552 g/mol. The van der Waals surface area contributed by atoms with Crippen molar-refractivity contribution < 1.29 is 22.3 Å². The first-order valence-corrected chi connectivity index (χ1v) is 15.0. The van der Waals surface area contributed by atoms with E-state index in [4.69, 9.17) is 14.7 Å². The molecule has 3 unspecified atom stereocenters. The molecule has 2 bridgehead atoms. The van der Waals surface area contributed by atoms with Crippen LogP contribution in [0.3, 0.4) is 0 Å². The molecule has 222 valence electrons. The first kappa shape index (κ1) is 29.2. The second kappa shape index (κ2) is 12.4. The number of hydrogen-bond acceptors (Lipinski definition) is 3. The number of pyridine rings is 2. The Labute approximate surface area is 249 Å². The Bertz CT molecular complexity index is 1540. The number of rotatable bonds is 11. The maximum atomic E-state index is 14.8. The van der Waals surface area contributed by atoms with E-state index in [1.807, 2.05) is 12.1 Å². The molecule has 43 heavy (non-hydrogen) atoms. The lowest BCUT2D eigenvalue weighted by molar-refractivity contribution is 0.00515. The fourth-order valence-corrected chi connectivity index (χ4v) is 6.90. The molecule has 7 heteroatoms. The Morgan fingerprint density at radius 2 is 1.33 bits per heavy atom. The van der Waals surface area contributed by atoms with E-state index in [0.717, 1.165) is 49.1 Å². The van der Waals surface area contributed by atoms with Gasteiger partial charge in [-0.3, -0.25) is 0 Å². The molecule has 0 radical (unpaired) electrons. The lowest BCUT2D eigenvalue weighted by Crippen LogP contribution is -2.32. The Morgan fingerprint density at radius 3 is 1.81 bits per heavy atom. The summed E-state index contributed by atoms with van der Waals surface area (Å²) in [5.74, 6) is -0.524. The number of benzene rings is 2. The van der Waals surface area contributed by atoms with Gasteiger partial charge in [0.15, 0.2) is 5.60 Å². The van der Waals surface area contributed by atoms with Crippen LogP contribution in [0.4, 0.5) is 17.6 Å². The fraction of sp³-hybridized carbons (Fsp3) is 0.333. The Kier molecular flexibility index (Phi) is 8.44. The Morgan fingerprint density at radius 1 is 0.721 bits per heavy atom. The zero-order valence-electron chi connectivity index (χ0n) is 24.1. The highest BCUT2D eigenvalue weighted by molar-refractivity contribution is 5.62. The molecule has 6 rings (SSSR count). The van der Waals surface area contributed by atoms with Gasteiger partial charge in [-0.1, -0.05) is 37.1 Å². The third-order valence-corrected chi connectivity index (χ3v) is 9.11. The van der Waals surface area contributed by atoms with Gasteiger partial charge in [-0.05, 0) is 98.4 Å². The molecule has 0 saturated heterocycles. The number of halogens is 4. The van der Waals surface area contributed by atoms with Crippen LogP contribution < -0.4 is 0 Å². The average molecular weight is 587 g/mol. The highest BCUT2D eigenvalue weighted by Crippen LogP contribution is 2.46. The summed E-state index contributed by atoms with van der Waals surface area (Å²) in [6, 6.07) is 17.3. The number of unbranched alkanes of at least 4 members (excludes halogenated alkanes) is 2. The van der Waals surface area contributed by atoms with Gasteiger partial charge in [0.25, 0.3) is 0 Å². The second-order valence-corrected chi connectivity index (χ2v) is 11.7. The van der Waals surface area contributed by atoms with E-state index in [-0.39, 0.29) is 11.1 Å². The smallest absolute Gasteiger partial charge is 0.151 e. The average Bonchev–Trinajstić information content (AvgIpc) is 3.63. The first-order valence-electron chi connectivity index (χ1n) is 15.0. The van der Waals surface area contributed by atoms with Crippen molar-refractivity contribution in [1.82, 2.24) is 9.97 Å². The van der Waals surface area contributed by atoms with E-state index in [2.05, 4.69) is 12.2 Å². The standard InChI is InChI=1S/C36H34F4N2O/c1-43-36(18-4-2-3-7-24-19-23-12-13-25(24)20-23,34-10-5-8-32(41-34)28-16-14-26(37)21-30(28)39)35-11-6-9-33(42-35)29-17-15-27(38)22-31(29)40/h5-6,8-17,21-25H,2-4,7,18-20H2,1H3. The van der Waals surface area contributed by atoms with Crippen molar-refractivity contribution in [3.05, 3.63) is 120 Å². The van der Waals surface area contributed by atoms with Crippen molar-refractivity contribution in [1.29, 1.82) is 0 Å². The molecule has 1 saturated carbocycles. The van der Waals surface area contributed by atoms with Gasteiger partial charge in [0.1, 0.15) is 23.3 Å². The molecule has 3 nitrogen and oxygen atoms in total. The number of nitrogens with zero attached hydrogens (tertiary/aromatic N) is 2. The van der Waals surface area contributed by atoms with Crippen LogP contribution in [0.5, 0.6) is 0 Å². The third-order valence-electron chi connectivity index (χ3n) is 9.11. The monoisotopic (exact) mass is 586 g/mol. The van der Waals surface area contributed by atoms with Crippen LogP contribution in [0.2, 0.25) is 0 Å². The van der Waals surface area contributed by atoms with Crippen molar-refractivity contribution in [2.75, 3.05) is 7.11 Å². The largest absolute Gasteiger partial charge is 0.366 e. The zero-order valence-corrected chi connectivity index (χ0v) is 24.1. The normalized spacial score (nSPS) is 19.3. The van der Waals surface area contributed by atoms with Crippen molar-refractivity contribution in [3.8, 4) is 22.5 Å². The number of allylic oxidation sites excluding steroid dienone is 2. The molecule has 0 spiro atoms. The SMILES string of the molecule is COC(CCCCCC1CC2C=CC1C2)(c1cccc(-c2ccc(F)cc2F)n1)c1cccc(-c2ccc(F)cc2F)n1. The minimum Gasteiger partial charge on any atom is -0.366 e. The molecule has 2 aromatic heterocycles. The minimum atomic E-state index is -1.13. The Balaban J connectivity index is 1.32. The van der Waals surface area contributed by atoms with Gasteiger partial charge in [0, 0.05) is 30.4 Å². The minimum absolute atomic E-state index is 0.170. The molecule has 0 amide bonds. The topological polar surface area (TPSA) is 35.0 Å². The van der Waals surface area contributed by atoms with Gasteiger partial charge in [0.2, 0.25) is 0 Å². The molecule has 0 N–H and O–H groups in total. The molecule has 1 fully saturated rings. The van der Waals surface area contributed by atoms with Crippen molar-refractivity contribution in [2.45, 2.75) is 50.5 Å². The predicted molar refractivity (Wildman–Crippen MR) is 159 cm³/mol. The zero-order chi connectivity index (χ0) is 30.0. The predicted octanol–water partition coefficient (Wildman–Crippen LogP) is 9.42. The summed E-state index contributed by atoms with van der Waals surface area (Å²) in [6.45, 7) is 0. The molecule has 2 aromatic carbocycles. The first-order chi connectivity index (χ1) is 20.9. The molecule has 0 aliphatic heterocycles. The van der Waals surface area contributed by atoms with Crippen LogP contribution in [0.1, 0.15) is 56.3 Å². The van der Waals surface area contributed by atoms with Gasteiger partial charge >= 0.3 is 0 Å². The van der Waals surface area contributed by atoms with E-state index in [1.54, 1.807) is 31.4 Å². The van der Waals surface area contributed by atoms with Crippen LogP contribution in [-0.4, -0.2) is 17.1 Å². The fourth-order valence-electron chi connectivity index (χ4n) is 6.90. The summed E-state index contributed by atoms with van der Waals surface area (Å²) in [5.41, 5.74) is 0.903. The molecule has 3 atom stereocenters. The van der Waals surface area contributed by atoms with Gasteiger partial charge in [0.05, 0.1) is 22.8 Å². The second-order valence-electron chi connectivity index (χ2n) is 11.7. The number of ether oxygens (including phenoxy) is 1. The molecule has 2 heterocycles. The van der Waals surface area contributed by atoms with Gasteiger partial charge < -0.3 is 4.74 Å². The number of hydrogen-bond donors (Lipinski definition) is 0. The number of methoxy groups -OCH3 is 1. The lowest BCUT2D eigenvalue weighted by Gasteiger charge is -2.32. The van der Waals surface area contributed by atoms with E-state index >= 15 is 0 Å². The maximum absolute atomic E-state index is 14.8. The van der Waals surface area contributed by atoms with E-state index in [9.17, 15) is 17.6 Å². The quantitative estimate of drug-likeness (QED) is 0.0998. The summed E-state index contributed by atoms with van der Waals surface area (Å²) in [4.78, 5) is 9.63. The summed E-state index contributed by atoms with van der Waals surface area (Å²) >= 11 is 0. The van der Waals surface area contributed by atoms with Crippen LogP contribution in [-0.2, 0) is 10.3 Å². The maximum Gasteiger partial charge on any atom is 0.151 e. The molecule has 2 aliphatic rings. The highest BCUT2D eigenvalue weighted by Gasteiger charge is 2.38. The summed E-state index contributed by atoms with van der Waals surface area (Å²) in [7, 11) is 1.58. The van der Waals surface area contributed by atoms with Crippen LogP contribution in [0.15, 0.2) is 84.9 Å². The summed E-state index contributed by atoms with van der Waals surface area (Å²) in [6.07, 6.45) is 12.0. The van der Waals surface area contributed by atoms with Gasteiger partial charge in [-0.25, -0.2) is 27.5 Å². The third kappa shape index (κ3) is 6.00.